The van der Waals surface area contributed by atoms with Crippen LogP contribution in [-0.4, -0.2) is 23.6 Å². The van der Waals surface area contributed by atoms with Crippen LogP contribution >= 0.6 is 0 Å². The van der Waals surface area contributed by atoms with E-state index < -0.39 is 17.6 Å². The molecule has 5 heteroatoms. The van der Waals surface area contributed by atoms with Crippen LogP contribution in [0.5, 0.6) is 0 Å². The Bertz CT molecular complexity index is 502. The second-order valence-corrected chi connectivity index (χ2v) is 6.32. The van der Waals surface area contributed by atoms with Crippen LogP contribution in [0, 0.1) is 6.92 Å². The third kappa shape index (κ3) is 7.22. The first-order chi connectivity index (χ1) is 10.2. The zero-order valence-electron chi connectivity index (χ0n) is 13.7. The van der Waals surface area contributed by atoms with Crippen LogP contribution in [0.4, 0.5) is 0 Å². The molecule has 0 amide bonds. The van der Waals surface area contributed by atoms with Crippen LogP contribution in [0.15, 0.2) is 24.3 Å². The molecular formula is C17H25NO4. The van der Waals surface area contributed by atoms with Crippen molar-refractivity contribution in [2.75, 3.05) is 0 Å². The molecule has 0 spiro atoms. The van der Waals surface area contributed by atoms with Gasteiger partial charge in [-0.2, -0.15) is 0 Å². The topological polar surface area (TPSA) is 78.6 Å². The molecule has 22 heavy (non-hydrogen) atoms. The number of hydrogen-bond acceptors (Lipinski definition) is 5. The van der Waals surface area contributed by atoms with Crippen molar-refractivity contribution in [2.24, 2.45) is 5.73 Å². The average molecular weight is 307 g/mol. The van der Waals surface area contributed by atoms with Crippen LogP contribution in [0.25, 0.3) is 0 Å². The minimum absolute atomic E-state index is 0.0953. The van der Waals surface area contributed by atoms with E-state index in [1.54, 1.807) is 20.8 Å². The molecule has 5 nitrogen and oxygen atoms in total. The smallest absolute Gasteiger partial charge is 0.323 e. The Balaban J connectivity index is 2.33. The summed E-state index contributed by atoms with van der Waals surface area (Å²) in [6.45, 7) is 7.55. The minimum atomic E-state index is -0.821. The van der Waals surface area contributed by atoms with Gasteiger partial charge in [-0.05, 0) is 39.7 Å². The van der Waals surface area contributed by atoms with Crippen LogP contribution in [0.3, 0.4) is 0 Å². The number of rotatable bonds is 6. The van der Waals surface area contributed by atoms with E-state index in [4.69, 9.17) is 15.2 Å². The second-order valence-electron chi connectivity index (χ2n) is 6.32. The predicted octanol–water partition coefficient (Wildman–Crippen LogP) is 2.49. The van der Waals surface area contributed by atoms with Gasteiger partial charge in [0.15, 0.2) is 0 Å². The largest absolute Gasteiger partial charge is 0.460 e. The highest BCUT2D eigenvalue weighted by Crippen LogP contribution is 2.10. The highest BCUT2D eigenvalue weighted by atomic mass is 16.6. The van der Waals surface area contributed by atoms with Gasteiger partial charge in [0.25, 0.3) is 0 Å². The molecule has 0 radical (unpaired) electrons. The van der Waals surface area contributed by atoms with Crippen molar-refractivity contribution < 1.29 is 19.1 Å². The van der Waals surface area contributed by atoms with Gasteiger partial charge >= 0.3 is 11.9 Å². The lowest BCUT2D eigenvalue weighted by Gasteiger charge is -2.20. The number of hydrogen-bond donors (Lipinski definition) is 1. The van der Waals surface area contributed by atoms with Crippen LogP contribution in [-0.2, 0) is 25.7 Å². The van der Waals surface area contributed by atoms with E-state index in [0.717, 1.165) is 11.1 Å². The molecule has 0 saturated carbocycles. The fourth-order valence-corrected chi connectivity index (χ4v) is 1.73. The fourth-order valence-electron chi connectivity index (χ4n) is 1.73. The lowest BCUT2D eigenvalue weighted by Crippen LogP contribution is -2.33. The van der Waals surface area contributed by atoms with Crippen molar-refractivity contribution in [3.63, 3.8) is 0 Å². The molecule has 1 aromatic carbocycles. The van der Waals surface area contributed by atoms with E-state index in [1.165, 1.54) is 0 Å². The first-order valence-corrected chi connectivity index (χ1v) is 7.37. The van der Waals surface area contributed by atoms with Crippen molar-refractivity contribution in [1.29, 1.82) is 0 Å². The number of benzene rings is 1. The Kier molecular flexibility index (Phi) is 6.56. The third-order valence-electron chi connectivity index (χ3n) is 2.88. The van der Waals surface area contributed by atoms with Crippen LogP contribution in [0.1, 0.15) is 44.7 Å². The summed E-state index contributed by atoms with van der Waals surface area (Å²) in [5.74, 6) is -0.876. The van der Waals surface area contributed by atoms with Crippen LogP contribution < -0.4 is 5.73 Å². The lowest BCUT2D eigenvalue weighted by atomic mass is 10.1. The Morgan fingerprint density at radius 1 is 1.18 bits per heavy atom. The van der Waals surface area contributed by atoms with Gasteiger partial charge in [0.2, 0.25) is 0 Å². The molecule has 0 aromatic heterocycles. The number of aryl methyl sites for hydroxylation is 1. The molecule has 1 unspecified atom stereocenters. The Morgan fingerprint density at radius 3 is 2.32 bits per heavy atom. The van der Waals surface area contributed by atoms with Gasteiger partial charge in [0.05, 0.1) is 0 Å². The lowest BCUT2D eigenvalue weighted by molar-refractivity contribution is -0.155. The van der Waals surface area contributed by atoms with Gasteiger partial charge in [-0.15, -0.1) is 0 Å². The molecule has 0 bridgehead atoms. The highest BCUT2D eigenvalue weighted by Gasteiger charge is 2.20. The molecule has 1 atom stereocenters. The standard InChI is InChI=1S/C17H25NO4/c1-12-5-7-13(8-6-12)11-21-16(20)14(18)9-10-15(19)22-17(2,3)4/h5-8,14H,9-11,18H2,1-4H3. The molecule has 0 heterocycles. The van der Waals surface area contributed by atoms with Gasteiger partial charge in [-0.25, -0.2) is 0 Å². The van der Waals surface area contributed by atoms with E-state index in [9.17, 15) is 9.59 Å². The number of ether oxygens (including phenoxy) is 2. The normalized spacial score (nSPS) is 12.6. The molecule has 0 aliphatic heterocycles. The number of esters is 2. The van der Waals surface area contributed by atoms with E-state index in [2.05, 4.69) is 0 Å². The molecule has 0 fully saturated rings. The summed E-state index contributed by atoms with van der Waals surface area (Å²) in [5, 5.41) is 0. The molecule has 0 aliphatic rings. The van der Waals surface area contributed by atoms with Crippen LogP contribution in [0.2, 0.25) is 0 Å². The second kappa shape index (κ2) is 7.94. The van der Waals surface area contributed by atoms with E-state index in [1.807, 2.05) is 31.2 Å². The number of carbonyl (C=O) groups excluding carboxylic acids is 2. The van der Waals surface area contributed by atoms with Crippen molar-refractivity contribution in [3.8, 4) is 0 Å². The molecular weight excluding hydrogens is 282 g/mol. The maximum atomic E-state index is 11.8. The quantitative estimate of drug-likeness (QED) is 0.817. The first kappa shape index (κ1) is 18.2. The summed E-state index contributed by atoms with van der Waals surface area (Å²) in [4.78, 5) is 23.3. The number of carbonyl (C=O) groups is 2. The maximum Gasteiger partial charge on any atom is 0.323 e. The summed E-state index contributed by atoms with van der Waals surface area (Å²) >= 11 is 0. The summed E-state index contributed by atoms with van der Waals surface area (Å²) in [6.07, 6.45) is 0.305. The van der Waals surface area contributed by atoms with Crippen molar-refractivity contribution >= 4 is 11.9 Å². The van der Waals surface area contributed by atoms with Gasteiger partial charge in [-0.1, -0.05) is 29.8 Å². The SMILES string of the molecule is Cc1ccc(COC(=O)C(N)CCC(=O)OC(C)(C)C)cc1. The molecule has 2 N–H and O–H groups in total. The van der Waals surface area contributed by atoms with Crippen molar-refractivity contribution in [2.45, 2.75) is 58.8 Å². The molecule has 1 rings (SSSR count). The summed E-state index contributed by atoms with van der Waals surface area (Å²) in [7, 11) is 0. The van der Waals surface area contributed by atoms with E-state index >= 15 is 0 Å². The predicted molar refractivity (Wildman–Crippen MR) is 84.0 cm³/mol. The summed E-state index contributed by atoms with van der Waals surface area (Å²) in [5.41, 5.74) is 7.24. The fraction of sp³-hybridized carbons (Fsp3) is 0.529. The zero-order chi connectivity index (χ0) is 16.8. The van der Waals surface area contributed by atoms with Gasteiger partial charge < -0.3 is 15.2 Å². The van der Waals surface area contributed by atoms with Gasteiger partial charge in [0, 0.05) is 6.42 Å². The van der Waals surface area contributed by atoms with E-state index in [-0.39, 0.29) is 25.4 Å². The molecule has 1 aromatic rings. The van der Waals surface area contributed by atoms with Crippen molar-refractivity contribution in [3.05, 3.63) is 35.4 Å². The Labute approximate surface area is 131 Å². The highest BCUT2D eigenvalue weighted by molar-refractivity contribution is 5.77. The molecule has 0 aliphatic carbocycles. The maximum absolute atomic E-state index is 11.8. The Morgan fingerprint density at radius 2 is 1.77 bits per heavy atom. The first-order valence-electron chi connectivity index (χ1n) is 7.37. The number of nitrogens with two attached hydrogens (primary N) is 1. The monoisotopic (exact) mass is 307 g/mol. The summed E-state index contributed by atoms with van der Waals surface area (Å²) in [6, 6.07) is 6.87. The van der Waals surface area contributed by atoms with Gasteiger partial charge in [-0.3, -0.25) is 9.59 Å². The average Bonchev–Trinajstić information content (AvgIpc) is 2.42. The van der Waals surface area contributed by atoms with E-state index in [0.29, 0.717) is 0 Å². The minimum Gasteiger partial charge on any atom is -0.460 e. The molecule has 0 saturated heterocycles. The van der Waals surface area contributed by atoms with Crippen molar-refractivity contribution in [1.82, 2.24) is 0 Å². The van der Waals surface area contributed by atoms with Gasteiger partial charge in [0.1, 0.15) is 18.2 Å². The Hall–Kier alpha value is -1.88. The molecule has 122 valence electrons. The summed E-state index contributed by atoms with van der Waals surface area (Å²) < 4.78 is 10.3. The zero-order valence-corrected chi connectivity index (χ0v) is 13.7. The third-order valence-corrected chi connectivity index (χ3v) is 2.88.